The summed E-state index contributed by atoms with van der Waals surface area (Å²) in [7, 11) is 1.77. The monoisotopic (exact) mass is 405 g/mol. The van der Waals surface area contributed by atoms with Crippen molar-refractivity contribution in [1.29, 1.82) is 0 Å². The maximum Gasteiger partial charge on any atom is 0.246 e. The second-order valence-corrected chi connectivity index (χ2v) is 7.26. The van der Waals surface area contributed by atoms with Crippen LogP contribution in [0.5, 0.6) is 0 Å². The van der Waals surface area contributed by atoms with Gasteiger partial charge in [0.15, 0.2) is 5.96 Å². The number of morpholine rings is 1. The molecule has 9 heteroatoms. The fourth-order valence-electron chi connectivity index (χ4n) is 3.52. The van der Waals surface area contributed by atoms with Crippen LogP contribution in [0.15, 0.2) is 33.8 Å². The van der Waals surface area contributed by atoms with Gasteiger partial charge >= 0.3 is 0 Å². The Morgan fingerprint density at radius 1 is 1.25 bits per heavy atom. The number of halogens is 1. The maximum atomic E-state index is 5.92. The minimum absolute atomic E-state index is 0.0784. The summed E-state index contributed by atoms with van der Waals surface area (Å²) in [5.41, 5.74) is 0.858. The van der Waals surface area contributed by atoms with Crippen LogP contribution in [0.4, 0.5) is 0 Å². The maximum absolute atomic E-state index is 5.92. The molecular weight excluding hydrogens is 382 g/mol. The van der Waals surface area contributed by atoms with Gasteiger partial charge in [-0.15, -0.1) is 0 Å². The van der Waals surface area contributed by atoms with Crippen molar-refractivity contribution in [2.24, 2.45) is 4.99 Å². The Morgan fingerprint density at radius 3 is 2.82 bits per heavy atom. The summed E-state index contributed by atoms with van der Waals surface area (Å²) in [5, 5.41) is 8.01. The van der Waals surface area contributed by atoms with Crippen molar-refractivity contribution in [2.75, 3.05) is 33.4 Å². The highest BCUT2D eigenvalue weighted by atomic mass is 35.5. The molecule has 150 valence electrons. The zero-order valence-electron chi connectivity index (χ0n) is 15.8. The first-order valence-corrected chi connectivity index (χ1v) is 9.88. The number of hydrogen-bond donors (Lipinski definition) is 1. The summed E-state index contributed by atoms with van der Waals surface area (Å²) < 4.78 is 17.1. The van der Waals surface area contributed by atoms with Gasteiger partial charge in [-0.3, -0.25) is 4.99 Å². The van der Waals surface area contributed by atoms with Gasteiger partial charge < -0.3 is 24.2 Å². The lowest BCUT2D eigenvalue weighted by atomic mass is 10.1. The molecule has 0 bridgehead atoms. The highest BCUT2D eigenvalue weighted by molar-refractivity contribution is 6.30. The molecule has 0 saturated carbocycles. The van der Waals surface area contributed by atoms with E-state index in [9.17, 15) is 0 Å². The lowest BCUT2D eigenvalue weighted by Crippen LogP contribution is -2.53. The number of nitrogens with one attached hydrogen (secondary N) is 1. The summed E-state index contributed by atoms with van der Waals surface area (Å²) >= 11 is 5.92. The van der Waals surface area contributed by atoms with Crippen molar-refractivity contribution in [1.82, 2.24) is 20.4 Å². The fraction of sp³-hybridized carbons (Fsp3) is 0.526. The van der Waals surface area contributed by atoms with Crippen LogP contribution in [-0.2, 0) is 16.0 Å². The number of aromatic nitrogens is 2. The van der Waals surface area contributed by atoms with Gasteiger partial charge in [-0.25, -0.2) is 0 Å². The van der Waals surface area contributed by atoms with Gasteiger partial charge in [0.1, 0.15) is 6.10 Å². The number of rotatable bonds is 4. The molecule has 0 amide bonds. The number of nitrogens with zero attached hydrogens (tertiary/aromatic N) is 4. The van der Waals surface area contributed by atoms with Crippen LogP contribution in [0.3, 0.4) is 0 Å². The summed E-state index contributed by atoms with van der Waals surface area (Å²) in [6.07, 6.45) is 2.42. The first kappa shape index (κ1) is 19.2. The second-order valence-electron chi connectivity index (χ2n) is 6.83. The number of guanidine groups is 1. The molecule has 28 heavy (non-hydrogen) atoms. The molecule has 2 aromatic rings. The Bertz CT molecular complexity index is 804. The van der Waals surface area contributed by atoms with E-state index in [0.717, 1.165) is 44.1 Å². The Labute approximate surface area is 168 Å². The summed E-state index contributed by atoms with van der Waals surface area (Å²) in [6.45, 7) is 3.42. The molecule has 1 N–H and O–H groups in total. The van der Waals surface area contributed by atoms with E-state index in [0.29, 0.717) is 29.9 Å². The van der Waals surface area contributed by atoms with E-state index in [4.69, 9.17) is 25.6 Å². The molecule has 1 aromatic carbocycles. The van der Waals surface area contributed by atoms with Gasteiger partial charge in [0.2, 0.25) is 11.7 Å². The third-order valence-electron chi connectivity index (χ3n) is 4.95. The molecule has 2 saturated heterocycles. The van der Waals surface area contributed by atoms with E-state index >= 15 is 0 Å². The molecule has 2 fully saturated rings. The van der Waals surface area contributed by atoms with E-state index in [1.54, 1.807) is 19.2 Å². The normalized spacial score (nSPS) is 23.2. The molecular formula is C19H24ClN5O3. The minimum atomic E-state index is 0.0784. The Kier molecular flexibility index (Phi) is 6.09. The summed E-state index contributed by atoms with van der Waals surface area (Å²) in [5.74, 6) is 1.82. The van der Waals surface area contributed by atoms with Gasteiger partial charge in [0.05, 0.1) is 19.3 Å². The quantitative estimate of drug-likeness (QED) is 0.617. The van der Waals surface area contributed by atoms with Gasteiger partial charge in [0, 0.05) is 37.3 Å². The van der Waals surface area contributed by atoms with Crippen LogP contribution in [-0.4, -0.2) is 66.6 Å². The van der Waals surface area contributed by atoms with E-state index in [1.807, 2.05) is 12.1 Å². The first-order valence-electron chi connectivity index (χ1n) is 9.50. The lowest BCUT2D eigenvalue weighted by Gasteiger charge is -2.37. The zero-order valence-corrected chi connectivity index (χ0v) is 16.6. The fourth-order valence-corrected chi connectivity index (χ4v) is 3.64. The number of benzene rings is 1. The number of ether oxygens (including phenoxy) is 2. The molecule has 4 rings (SSSR count). The van der Waals surface area contributed by atoms with Gasteiger partial charge in [-0.05, 0) is 37.1 Å². The van der Waals surface area contributed by atoms with Crippen LogP contribution >= 0.6 is 11.6 Å². The van der Waals surface area contributed by atoms with Crippen LogP contribution in [0.1, 0.15) is 18.7 Å². The molecule has 2 aliphatic heterocycles. The molecule has 2 unspecified atom stereocenters. The van der Waals surface area contributed by atoms with Crippen molar-refractivity contribution in [3.05, 3.63) is 35.2 Å². The summed E-state index contributed by atoms with van der Waals surface area (Å²) in [4.78, 5) is 11.0. The van der Waals surface area contributed by atoms with E-state index in [2.05, 4.69) is 25.3 Å². The topological polar surface area (TPSA) is 85.0 Å². The lowest BCUT2D eigenvalue weighted by molar-refractivity contribution is -0.0817. The van der Waals surface area contributed by atoms with Gasteiger partial charge in [-0.1, -0.05) is 16.8 Å². The first-order chi connectivity index (χ1) is 13.7. The average Bonchev–Trinajstić information content (AvgIpc) is 3.42. The highest BCUT2D eigenvalue weighted by Gasteiger charge is 2.32. The summed E-state index contributed by atoms with van der Waals surface area (Å²) in [6, 6.07) is 7.33. The minimum Gasteiger partial charge on any atom is -0.375 e. The van der Waals surface area contributed by atoms with Gasteiger partial charge in [0.25, 0.3) is 0 Å². The van der Waals surface area contributed by atoms with Crippen molar-refractivity contribution < 1.29 is 14.0 Å². The number of hydrogen-bond acceptors (Lipinski definition) is 6. The Hall–Kier alpha value is -2.16. The van der Waals surface area contributed by atoms with E-state index in [1.165, 1.54) is 0 Å². The third kappa shape index (κ3) is 4.45. The van der Waals surface area contributed by atoms with Crippen molar-refractivity contribution in [2.45, 2.75) is 31.6 Å². The molecule has 1 aromatic heterocycles. The molecule has 0 aliphatic carbocycles. The molecule has 0 spiro atoms. The third-order valence-corrected chi connectivity index (χ3v) is 5.20. The molecule has 2 aliphatic rings. The highest BCUT2D eigenvalue weighted by Crippen LogP contribution is 2.21. The van der Waals surface area contributed by atoms with E-state index in [-0.39, 0.29) is 12.2 Å². The standard InChI is InChI=1S/C19H24ClN5O3/c1-21-19(25-8-10-27-16(12-25)15-3-2-9-26-15)22-11-17-23-18(24-28-17)13-4-6-14(20)7-5-13/h4-7,15-16H,2-3,8-12H2,1H3,(H,21,22). The Morgan fingerprint density at radius 2 is 2.07 bits per heavy atom. The predicted molar refractivity (Wildman–Crippen MR) is 105 cm³/mol. The second kappa shape index (κ2) is 8.89. The zero-order chi connectivity index (χ0) is 19.3. The van der Waals surface area contributed by atoms with Crippen molar-refractivity contribution in [3.63, 3.8) is 0 Å². The van der Waals surface area contributed by atoms with E-state index < -0.39 is 0 Å². The van der Waals surface area contributed by atoms with Crippen molar-refractivity contribution >= 4 is 17.6 Å². The molecule has 3 heterocycles. The average molecular weight is 406 g/mol. The van der Waals surface area contributed by atoms with Crippen LogP contribution in [0.25, 0.3) is 11.4 Å². The van der Waals surface area contributed by atoms with Crippen molar-refractivity contribution in [3.8, 4) is 11.4 Å². The SMILES string of the molecule is CN=C(NCc1nc(-c2ccc(Cl)cc2)no1)N1CCOC(C2CCCO2)C1. The molecule has 2 atom stereocenters. The van der Waals surface area contributed by atoms with Crippen LogP contribution in [0, 0.1) is 0 Å². The van der Waals surface area contributed by atoms with Crippen LogP contribution < -0.4 is 5.32 Å². The predicted octanol–water partition coefficient (Wildman–Crippen LogP) is 2.35. The smallest absolute Gasteiger partial charge is 0.246 e. The van der Waals surface area contributed by atoms with Gasteiger partial charge in [-0.2, -0.15) is 4.98 Å². The largest absolute Gasteiger partial charge is 0.375 e. The Balaban J connectivity index is 1.35. The molecule has 0 radical (unpaired) electrons. The number of aliphatic imine (C=N–C) groups is 1. The molecule has 8 nitrogen and oxygen atoms in total. The van der Waals surface area contributed by atoms with Crippen LogP contribution in [0.2, 0.25) is 5.02 Å².